The first-order chi connectivity index (χ1) is 14.9. The van der Waals surface area contributed by atoms with E-state index in [-0.39, 0.29) is 30.0 Å². The minimum atomic E-state index is -0.211. The molecule has 1 aliphatic rings. The van der Waals surface area contributed by atoms with Crippen molar-refractivity contribution in [2.75, 3.05) is 6.54 Å². The van der Waals surface area contributed by atoms with Gasteiger partial charge in [0.25, 0.3) is 11.5 Å². The SMILES string of the molecule is CC(C)N(Cc1nc2ccccc2c(=O)[nH]1)C(=O)c1ccc(CN2CCCC2=O)cc1. The summed E-state index contributed by atoms with van der Waals surface area (Å²) in [4.78, 5) is 48.2. The van der Waals surface area contributed by atoms with Crippen molar-refractivity contribution in [3.8, 4) is 0 Å². The van der Waals surface area contributed by atoms with E-state index in [1.807, 2.05) is 36.9 Å². The Labute approximate surface area is 180 Å². The normalized spacial score (nSPS) is 13.9. The molecule has 31 heavy (non-hydrogen) atoms. The average Bonchev–Trinajstić information content (AvgIpc) is 3.16. The monoisotopic (exact) mass is 418 g/mol. The van der Waals surface area contributed by atoms with Crippen molar-refractivity contribution in [1.29, 1.82) is 0 Å². The van der Waals surface area contributed by atoms with Gasteiger partial charge in [-0.3, -0.25) is 14.4 Å². The predicted octanol–water partition coefficient (Wildman–Crippen LogP) is 3.10. The highest BCUT2D eigenvalue weighted by Gasteiger charge is 2.22. The molecule has 4 rings (SSSR count). The first-order valence-corrected chi connectivity index (χ1v) is 10.6. The quantitative estimate of drug-likeness (QED) is 0.666. The number of nitrogens with zero attached hydrogens (tertiary/aromatic N) is 3. The Hall–Kier alpha value is -3.48. The van der Waals surface area contributed by atoms with Crippen LogP contribution in [0.2, 0.25) is 0 Å². The smallest absolute Gasteiger partial charge is 0.258 e. The number of para-hydroxylation sites is 1. The molecule has 0 spiro atoms. The Morgan fingerprint density at radius 2 is 1.87 bits per heavy atom. The third kappa shape index (κ3) is 4.50. The van der Waals surface area contributed by atoms with Crippen molar-refractivity contribution in [3.05, 3.63) is 75.8 Å². The fourth-order valence-corrected chi connectivity index (χ4v) is 3.87. The number of aromatic amines is 1. The molecule has 1 N–H and O–H groups in total. The third-order valence-corrected chi connectivity index (χ3v) is 5.61. The number of hydrogen-bond donors (Lipinski definition) is 1. The molecular weight excluding hydrogens is 392 g/mol. The van der Waals surface area contributed by atoms with Gasteiger partial charge >= 0.3 is 0 Å². The fourth-order valence-electron chi connectivity index (χ4n) is 3.87. The Bertz CT molecular complexity index is 1170. The molecule has 0 bridgehead atoms. The van der Waals surface area contributed by atoms with Crippen molar-refractivity contribution in [2.45, 2.75) is 45.8 Å². The molecule has 1 fully saturated rings. The molecule has 0 saturated carbocycles. The summed E-state index contributed by atoms with van der Waals surface area (Å²) < 4.78 is 0. The van der Waals surface area contributed by atoms with Crippen LogP contribution in [0.25, 0.3) is 10.9 Å². The lowest BCUT2D eigenvalue weighted by atomic mass is 10.1. The van der Waals surface area contributed by atoms with Crippen LogP contribution in [0, 0.1) is 0 Å². The van der Waals surface area contributed by atoms with Crippen LogP contribution >= 0.6 is 0 Å². The number of hydrogen-bond acceptors (Lipinski definition) is 4. The van der Waals surface area contributed by atoms with E-state index in [2.05, 4.69) is 9.97 Å². The van der Waals surface area contributed by atoms with Crippen molar-refractivity contribution >= 4 is 22.7 Å². The number of carbonyl (C=O) groups excluding carboxylic acids is 2. The van der Waals surface area contributed by atoms with E-state index in [1.54, 1.807) is 35.2 Å². The molecule has 3 aromatic rings. The zero-order chi connectivity index (χ0) is 22.0. The molecule has 0 atom stereocenters. The number of amides is 2. The van der Waals surface area contributed by atoms with Gasteiger partial charge in [0.2, 0.25) is 5.91 Å². The molecule has 0 unspecified atom stereocenters. The van der Waals surface area contributed by atoms with Gasteiger partial charge in [0.15, 0.2) is 0 Å². The maximum atomic E-state index is 13.2. The minimum absolute atomic E-state index is 0.0776. The van der Waals surface area contributed by atoms with Gasteiger partial charge in [-0.05, 0) is 50.1 Å². The summed E-state index contributed by atoms with van der Waals surface area (Å²) in [6.45, 7) is 5.44. The zero-order valence-corrected chi connectivity index (χ0v) is 17.8. The van der Waals surface area contributed by atoms with Crippen LogP contribution in [-0.4, -0.2) is 44.2 Å². The highest BCUT2D eigenvalue weighted by molar-refractivity contribution is 5.94. The average molecular weight is 418 g/mol. The Kier molecular flexibility index (Phi) is 5.84. The molecule has 7 heteroatoms. The predicted molar refractivity (Wildman–Crippen MR) is 118 cm³/mol. The van der Waals surface area contributed by atoms with Crippen LogP contribution in [-0.2, 0) is 17.9 Å². The van der Waals surface area contributed by atoms with E-state index in [0.717, 1.165) is 18.5 Å². The molecule has 0 aliphatic carbocycles. The number of nitrogens with one attached hydrogen (secondary N) is 1. The number of rotatable bonds is 6. The molecule has 1 saturated heterocycles. The van der Waals surface area contributed by atoms with Gasteiger partial charge in [0.1, 0.15) is 5.82 Å². The minimum Gasteiger partial charge on any atom is -0.338 e. The van der Waals surface area contributed by atoms with E-state index in [0.29, 0.717) is 35.3 Å². The van der Waals surface area contributed by atoms with Crippen molar-refractivity contribution in [1.82, 2.24) is 19.8 Å². The van der Waals surface area contributed by atoms with Gasteiger partial charge < -0.3 is 14.8 Å². The van der Waals surface area contributed by atoms with Gasteiger partial charge in [-0.2, -0.15) is 0 Å². The summed E-state index contributed by atoms with van der Waals surface area (Å²) in [5, 5.41) is 0.528. The summed E-state index contributed by atoms with van der Waals surface area (Å²) in [5.74, 6) is 0.507. The number of carbonyl (C=O) groups is 2. The van der Waals surface area contributed by atoms with Crippen LogP contribution in [0.5, 0.6) is 0 Å². The topological polar surface area (TPSA) is 86.4 Å². The molecule has 2 aromatic carbocycles. The number of H-pyrrole nitrogens is 1. The molecule has 1 aliphatic heterocycles. The lowest BCUT2D eigenvalue weighted by Gasteiger charge is -2.26. The Balaban J connectivity index is 1.52. The van der Waals surface area contributed by atoms with Crippen molar-refractivity contribution < 1.29 is 9.59 Å². The maximum absolute atomic E-state index is 13.2. The first kappa shape index (κ1) is 20.8. The summed E-state index contributed by atoms with van der Waals surface area (Å²) in [6, 6.07) is 14.5. The van der Waals surface area contributed by atoms with E-state index < -0.39 is 0 Å². The molecule has 1 aromatic heterocycles. The molecule has 7 nitrogen and oxygen atoms in total. The van der Waals surface area contributed by atoms with Gasteiger partial charge in [-0.15, -0.1) is 0 Å². The fraction of sp³-hybridized carbons (Fsp3) is 0.333. The van der Waals surface area contributed by atoms with Gasteiger partial charge in [-0.1, -0.05) is 24.3 Å². The summed E-state index contributed by atoms with van der Waals surface area (Å²) in [6.07, 6.45) is 1.52. The van der Waals surface area contributed by atoms with Crippen molar-refractivity contribution in [2.24, 2.45) is 0 Å². The van der Waals surface area contributed by atoms with Crippen LogP contribution in [0.1, 0.15) is 48.4 Å². The van der Waals surface area contributed by atoms with Crippen LogP contribution < -0.4 is 5.56 Å². The molecule has 2 heterocycles. The highest BCUT2D eigenvalue weighted by Crippen LogP contribution is 2.17. The standard InChI is InChI=1S/C24H26N4O3/c1-16(2)28(15-21-25-20-7-4-3-6-19(20)23(30)26-21)24(31)18-11-9-17(10-12-18)14-27-13-5-8-22(27)29/h3-4,6-7,9-12,16H,5,8,13-15H2,1-2H3,(H,25,26,30). The summed E-state index contributed by atoms with van der Waals surface area (Å²) in [5.41, 5.74) is 1.97. The Morgan fingerprint density at radius 3 is 2.55 bits per heavy atom. The van der Waals surface area contributed by atoms with Gasteiger partial charge in [-0.25, -0.2) is 4.98 Å². The zero-order valence-electron chi connectivity index (χ0n) is 17.8. The van der Waals surface area contributed by atoms with Crippen molar-refractivity contribution in [3.63, 3.8) is 0 Å². The molecule has 0 radical (unpaired) electrons. The van der Waals surface area contributed by atoms with Gasteiger partial charge in [0, 0.05) is 31.1 Å². The summed E-state index contributed by atoms with van der Waals surface area (Å²) >= 11 is 0. The van der Waals surface area contributed by atoms with Crippen LogP contribution in [0.3, 0.4) is 0 Å². The lowest BCUT2D eigenvalue weighted by molar-refractivity contribution is -0.128. The van der Waals surface area contributed by atoms with Crippen LogP contribution in [0.4, 0.5) is 0 Å². The maximum Gasteiger partial charge on any atom is 0.258 e. The van der Waals surface area contributed by atoms with Gasteiger partial charge in [0.05, 0.1) is 17.4 Å². The molecule has 2 amide bonds. The molecular formula is C24H26N4O3. The number of fused-ring (bicyclic) bond motifs is 1. The second-order valence-corrected chi connectivity index (χ2v) is 8.17. The second kappa shape index (κ2) is 8.71. The van der Waals surface area contributed by atoms with E-state index in [1.165, 1.54) is 0 Å². The van der Waals surface area contributed by atoms with Crippen LogP contribution in [0.15, 0.2) is 53.3 Å². The largest absolute Gasteiger partial charge is 0.338 e. The lowest BCUT2D eigenvalue weighted by Crippen LogP contribution is -2.37. The third-order valence-electron chi connectivity index (χ3n) is 5.61. The number of aromatic nitrogens is 2. The second-order valence-electron chi connectivity index (χ2n) is 8.17. The van der Waals surface area contributed by atoms with E-state index in [4.69, 9.17) is 0 Å². The van der Waals surface area contributed by atoms with E-state index >= 15 is 0 Å². The summed E-state index contributed by atoms with van der Waals surface area (Å²) in [7, 11) is 0. The highest BCUT2D eigenvalue weighted by atomic mass is 16.2. The number of benzene rings is 2. The van der Waals surface area contributed by atoms with E-state index in [9.17, 15) is 14.4 Å². The molecule has 160 valence electrons. The number of likely N-dealkylation sites (tertiary alicyclic amines) is 1. The Morgan fingerprint density at radius 1 is 1.13 bits per heavy atom. The first-order valence-electron chi connectivity index (χ1n) is 10.6.